The third-order valence-corrected chi connectivity index (χ3v) is 6.73. The van der Waals surface area contributed by atoms with E-state index >= 15 is 0 Å². The van der Waals surface area contributed by atoms with Crippen LogP contribution in [0, 0.1) is 5.82 Å². The molecule has 0 saturated carbocycles. The summed E-state index contributed by atoms with van der Waals surface area (Å²) in [5.74, 6) is -2.80. The number of hydrogen-bond acceptors (Lipinski definition) is 6. The van der Waals surface area contributed by atoms with E-state index < -0.39 is 29.3 Å². The maximum Gasteiger partial charge on any atom is 0.295 e. The Morgan fingerprint density at radius 1 is 1.30 bits per heavy atom. The Balaban J connectivity index is 1.68. The van der Waals surface area contributed by atoms with Crippen LogP contribution >= 0.6 is 11.3 Å². The highest BCUT2D eigenvalue weighted by molar-refractivity contribution is 7.10. The minimum atomic E-state index is -0.821. The molecule has 9 heteroatoms. The molecule has 3 heterocycles. The van der Waals surface area contributed by atoms with Crippen molar-refractivity contribution in [2.24, 2.45) is 0 Å². The van der Waals surface area contributed by atoms with Crippen molar-refractivity contribution in [2.45, 2.75) is 26.0 Å². The van der Waals surface area contributed by atoms with Gasteiger partial charge in [0.2, 0.25) is 5.78 Å². The van der Waals surface area contributed by atoms with Crippen LogP contribution in [-0.2, 0) is 14.3 Å². The predicted molar refractivity (Wildman–Crippen MR) is 119 cm³/mol. The average molecular weight is 475 g/mol. The molecule has 2 aliphatic heterocycles. The van der Waals surface area contributed by atoms with E-state index in [1.54, 1.807) is 13.8 Å². The Bertz CT molecular complexity index is 1050. The molecule has 1 N–H and O–H groups in total. The van der Waals surface area contributed by atoms with Gasteiger partial charge in [0.1, 0.15) is 13.1 Å². The first-order chi connectivity index (χ1) is 15.9. The van der Waals surface area contributed by atoms with Crippen LogP contribution in [0.1, 0.15) is 30.3 Å². The summed E-state index contributed by atoms with van der Waals surface area (Å²) in [5, 5.41) is 15.2. The summed E-state index contributed by atoms with van der Waals surface area (Å²) < 4.78 is 25.3. The molecular formula is C24H27FN2O5S. The Labute approximate surface area is 196 Å². The van der Waals surface area contributed by atoms with Gasteiger partial charge in [-0.25, -0.2) is 4.39 Å². The smallest absolute Gasteiger partial charge is 0.295 e. The molecule has 2 aliphatic rings. The first-order valence-electron chi connectivity index (χ1n) is 11.0. The molecule has 2 aromatic rings. The molecule has 1 amide bonds. The number of amides is 1. The van der Waals surface area contributed by atoms with Gasteiger partial charge >= 0.3 is 0 Å². The highest BCUT2D eigenvalue weighted by atomic mass is 32.1. The predicted octanol–water partition coefficient (Wildman–Crippen LogP) is 0.814. The van der Waals surface area contributed by atoms with Crippen LogP contribution in [-0.4, -0.2) is 62.1 Å². The summed E-state index contributed by atoms with van der Waals surface area (Å²) in [6.07, 6.45) is -0.227. The number of carbonyl (C=O) groups excluding carboxylic acids is 2. The van der Waals surface area contributed by atoms with Crippen LogP contribution in [0.5, 0.6) is 5.75 Å². The van der Waals surface area contributed by atoms with E-state index in [2.05, 4.69) is 0 Å². The van der Waals surface area contributed by atoms with Gasteiger partial charge in [-0.05, 0) is 43.0 Å². The fourth-order valence-corrected chi connectivity index (χ4v) is 5.02. The molecule has 0 radical (unpaired) electrons. The second-order valence-electron chi connectivity index (χ2n) is 8.41. The van der Waals surface area contributed by atoms with Crippen LogP contribution in [0.4, 0.5) is 4.39 Å². The summed E-state index contributed by atoms with van der Waals surface area (Å²) in [5.41, 5.74) is -0.113. The molecule has 7 nitrogen and oxygen atoms in total. The summed E-state index contributed by atoms with van der Waals surface area (Å²) >= 11 is 1.38. The Morgan fingerprint density at radius 3 is 2.70 bits per heavy atom. The molecule has 2 saturated heterocycles. The third-order valence-electron chi connectivity index (χ3n) is 5.81. The second-order valence-corrected chi connectivity index (χ2v) is 9.39. The number of nitrogens with one attached hydrogen (secondary N) is 1. The summed E-state index contributed by atoms with van der Waals surface area (Å²) in [6.45, 7) is 7.53. The first kappa shape index (κ1) is 23.4. The number of halogens is 1. The lowest BCUT2D eigenvalue weighted by atomic mass is 9.99. The number of carbonyl (C=O) groups is 2. The van der Waals surface area contributed by atoms with Crippen LogP contribution in [0.2, 0.25) is 0 Å². The van der Waals surface area contributed by atoms with E-state index in [9.17, 15) is 19.1 Å². The van der Waals surface area contributed by atoms with Crippen molar-refractivity contribution >= 4 is 28.8 Å². The molecule has 1 aromatic heterocycles. The van der Waals surface area contributed by atoms with Gasteiger partial charge in [-0.15, -0.1) is 11.3 Å². The molecular weight excluding hydrogens is 447 g/mol. The van der Waals surface area contributed by atoms with Crippen LogP contribution < -0.4 is 14.7 Å². The van der Waals surface area contributed by atoms with E-state index in [1.807, 2.05) is 17.5 Å². The topological polar surface area (TPSA) is 83.3 Å². The largest absolute Gasteiger partial charge is 0.872 e. The molecule has 4 rings (SSSR count). The zero-order valence-corrected chi connectivity index (χ0v) is 19.5. The number of rotatable bonds is 7. The SMILES string of the molecule is CC(C)Oc1ccc(C([O-])=C2C(=O)C(=O)N(CC[NH+]3CCOCC3)C2c2cccs2)cc1F. The number of Topliss-reactive ketones (excluding diaryl/α,β-unsaturated/α-hetero) is 1. The van der Waals surface area contributed by atoms with Gasteiger partial charge in [0.05, 0.1) is 38.4 Å². The van der Waals surface area contributed by atoms with E-state index in [4.69, 9.17) is 9.47 Å². The number of quaternary nitrogens is 1. The highest BCUT2D eigenvalue weighted by Crippen LogP contribution is 2.40. The van der Waals surface area contributed by atoms with Gasteiger partial charge in [0.25, 0.3) is 5.91 Å². The number of ether oxygens (including phenoxy) is 2. The lowest BCUT2D eigenvalue weighted by Gasteiger charge is -2.29. The quantitative estimate of drug-likeness (QED) is 0.365. The number of likely N-dealkylation sites (tertiary alicyclic amines) is 1. The number of morpholine rings is 1. The van der Waals surface area contributed by atoms with Gasteiger partial charge in [-0.3, -0.25) is 9.59 Å². The Hall–Kier alpha value is -2.75. The molecule has 1 aromatic carbocycles. The van der Waals surface area contributed by atoms with Gasteiger partial charge in [0.15, 0.2) is 11.6 Å². The Kier molecular flexibility index (Phi) is 7.11. The minimum absolute atomic E-state index is 0.0157. The Morgan fingerprint density at radius 2 is 2.06 bits per heavy atom. The number of thiophene rings is 1. The molecule has 0 bridgehead atoms. The number of hydrogen-bond donors (Lipinski definition) is 1. The third kappa shape index (κ3) is 4.95. The van der Waals surface area contributed by atoms with E-state index in [0.29, 0.717) is 26.3 Å². The normalized spacial score (nSPS) is 21.2. The second kappa shape index (κ2) is 10.0. The fraction of sp³-hybridized carbons (Fsp3) is 0.417. The van der Waals surface area contributed by atoms with Crippen molar-refractivity contribution in [3.63, 3.8) is 0 Å². The summed E-state index contributed by atoms with van der Waals surface area (Å²) in [7, 11) is 0. The van der Waals surface area contributed by atoms with Crippen molar-refractivity contribution in [1.29, 1.82) is 0 Å². The molecule has 0 spiro atoms. The van der Waals surface area contributed by atoms with Crippen molar-refractivity contribution in [2.75, 3.05) is 39.4 Å². The lowest BCUT2D eigenvalue weighted by Crippen LogP contribution is -3.14. The average Bonchev–Trinajstić information content (AvgIpc) is 3.41. The number of benzene rings is 1. The van der Waals surface area contributed by atoms with Crippen LogP contribution in [0.25, 0.3) is 5.76 Å². The monoisotopic (exact) mass is 474 g/mol. The molecule has 176 valence electrons. The molecule has 1 atom stereocenters. The molecule has 2 fully saturated rings. The van der Waals surface area contributed by atoms with E-state index in [1.165, 1.54) is 33.3 Å². The van der Waals surface area contributed by atoms with Crippen LogP contribution in [0.15, 0.2) is 41.3 Å². The standard InChI is InChI=1S/C24H27FN2O5S/c1-15(2)32-18-6-5-16(14-17(18)25)22(28)20-21(19-4-3-13-33-19)27(24(30)23(20)29)8-7-26-9-11-31-12-10-26/h3-6,13-15,21,28H,7-12H2,1-2H3. The fourth-order valence-electron chi connectivity index (χ4n) is 4.18. The maximum absolute atomic E-state index is 14.5. The summed E-state index contributed by atoms with van der Waals surface area (Å²) in [6, 6.07) is 6.73. The molecule has 33 heavy (non-hydrogen) atoms. The minimum Gasteiger partial charge on any atom is -0.872 e. The number of nitrogens with zero attached hydrogens (tertiary/aromatic N) is 1. The van der Waals surface area contributed by atoms with Gasteiger partial charge in [0, 0.05) is 10.5 Å². The molecule has 1 unspecified atom stereocenters. The van der Waals surface area contributed by atoms with Crippen molar-refractivity contribution in [1.82, 2.24) is 4.90 Å². The van der Waals surface area contributed by atoms with E-state index in [0.717, 1.165) is 24.0 Å². The van der Waals surface area contributed by atoms with Gasteiger partial charge in [-0.1, -0.05) is 17.9 Å². The van der Waals surface area contributed by atoms with Crippen molar-refractivity contribution in [3.05, 3.63) is 57.5 Å². The van der Waals surface area contributed by atoms with E-state index in [-0.39, 0.29) is 23.0 Å². The molecule has 0 aliphatic carbocycles. The van der Waals surface area contributed by atoms with Crippen LogP contribution in [0.3, 0.4) is 0 Å². The maximum atomic E-state index is 14.5. The van der Waals surface area contributed by atoms with Crippen molar-refractivity contribution in [3.8, 4) is 5.75 Å². The highest BCUT2D eigenvalue weighted by Gasteiger charge is 2.45. The number of ketones is 1. The zero-order chi connectivity index (χ0) is 23.5. The first-order valence-corrected chi connectivity index (χ1v) is 11.9. The summed E-state index contributed by atoms with van der Waals surface area (Å²) in [4.78, 5) is 29.4. The zero-order valence-electron chi connectivity index (χ0n) is 18.6. The van der Waals surface area contributed by atoms with Gasteiger partial charge in [-0.2, -0.15) is 0 Å². The van der Waals surface area contributed by atoms with Gasteiger partial charge < -0.3 is 24.4 Å². The van der Waals surface area contributed by atoms with Crippen molar-refractivity contribution < 1.29 is 33.5 Å². The lowest BCUT2D eigenvalue weighted by molar-refractivity contribution is -0.907.